The van der Waals surface area contributed by atoms with Crippen molar-refractivity contribution in [2.45, 2.75) is 26.7 Å². The maximum atomic E-state index is 12.4. The van der Waals surface area contributed by atoms with Crippen molar-refractivity contribution >= 4 is 11.6 Å². The number of carbonyl (C=O) groups is 1. The molecule has 1 amide bonds. The Labute approximate surface area is 125 Å². The molecular formula is C16H22N4O. The van der Waals surface area contributed by atoms with Gasteiger partial charge in [0.15, 0.2) is 0 Å². The van der Waals surface area contributed by atoms with Crippen molar-refractivity contribution < 1.29 is 4.79 Å². The van der Waals surface area contributed by atoms with Gasteiger partial charge in [-0.3, -0.25) is 4.79 Å². The lowest BCUT2D eigenvalue weighted by Gasteiger charge is -2.28. The molecule has 1 aromatic carbocycles. The summed E-state index contributed by atoms with van der Waals surface area (Å²) in [5.41, 5.74) is 7.04. The van der Waals surface area contributed by atoms with Crippen molar-refractivity contribution in [2.75, 3.05) is 11.9 Å². The normalized spacial score (nSPS) is 11.4. The molecule has 0 bridgehead atoms. The fourth-order valence-corrected chi connectivity index (χ4v) is 2.34. The Bertz CT molecular complexity index is 563. The van der Waals surface area contributed by atoms with Crippen LogP contribution in [0.4, 0.5) is 5.69 Å². The highest BCUT2D eigenvalue weighted by Crippen LogP contribution is 2.27. The number of aromatic nitrogens is 2. The van der Waals surface area contributed by atoms with Gasteiger partial charge in [0.05, 0.1) is 11.1 Å². The molecule has 0 fully saturated rings. The third kappa shape index (κ3) is 3.13. The highest BCUT2D eigenvalue weighted by Gasteiger charge is 2.33. The number of nitrogens with one attached hydrogen (secondary N) is 1. The maximum Gasteiger partial charge on any atom is 0.231 e. The molecule has 2 aromatic rings. The molecule has 0 aliphatic rings. The van der Waals surface area contributed by atoms with Gasteiger partial charge < -0.3 is 11.1 Å². The first-order valence-corrected chi connectivity index (χ1v) is 7.27. The number of anilines is 1. The Morgan fingerprint density at radius 2 is 1.95 bits per heavy atom. The van der Waals surface area contributed by atoms with E-state index in [-0.39, 0.29) is 5.91 Å². The zero-order chi connectivity index (χ0) is 15.3. The summed E-state index contributed by atoms with van der Waals surface area (Å²) in [4.78, 5) is 12.4. The van der Waals surface area contributed by atoms with Gasteiger partial charge >= 0.3 is 0 Å². The zero-order valence-electron chi connectivity index (χ0n) is 12.5. The molecule has 0 saturated heterocycles. The van der Waals surface area contributed by atoms with Crippen LogP contribution in [0.5, 0.6) is 0 Å². The third-order valence-electron chi connectivity index (χ3n) is 4.12. The van der Waals surface area contributed by atoms with E-state index in [1.807, 2.05) is 50.4 Å². The van der Waals surface area contributed by atoms with Crippen molar-refractivity contribution in [1.29, 1.82) is 0 Å². The summed E-state index contributed by atoms with van der Waals surface area (Å²) in [6.07, 6.45) is 5.07. The summed E-state index contributed by atoms with van der Waals surface area (Å²) in [5.74, 6) is -0.0122. The van der Waals surface area contributed by atoms with Gasteiger partial charge in [0.25, 0.3) is 0 Å². The van der Waals surface area contributed by atoms with Gasteiger partial charge in [-0.05, 0) is 43.2 Å². The number of nitrogens with zero attached hydrogens (tertiary/aromatic N) is 2. The molecule has 5 heteroatoms. The van der Waals surface area contributed by atoms with Crippen LogP contribution in [0.2, 0.25) is 0 Å². The number of hydrogen-bond acceptors (Lipinski definition) is 3. The molecule has 1 heterocycles. The highest BCUT2D eigenvalue weighted by atomic mass is 16.2. The summed E-state index contributed by atoms with van der Waals surface area (Å²) in [6.45, 7) is 4.35. The standard InChI is InChI=1S/C16H22N4O/c1-3-16(4-2,12-17)15(21)19-13-6-8-14(9-7-13)20-11-5-10-18-20/h5-11H,3-4,12,17H2,1-2H3,(H,19,21). The SMILES string of the molecule is CCC(CC)(CN)C(=O)Nc1ccc(-n2cccn2)cc1. The topological polar surface area (TPSA) is 72.9 Å². The Balaban J connectivity index is 2.11. The molecule has 1 aromatic heterocycles. The third-order valence-corrected chi connectivity index (χ3v) is 4.12. The first-order valence-electron chi connectivity index (χ1n) is 7.27. The average molecular weight is 286 g/mol. The molecule has 0 saturated carbocycles. The summed E-state index contributed by atoms with van der Waals surface area (Å²) in [6, 6.07) is 9.46. The highest BCUT2D eigenvalue weighted by molar-refractivity contribution is 5.95. The second-order valence-corrected chi connectivity index (χ2v) is 5.14. The molecule has 0 radical (unpaired) electrons. The van der Waals surface area contributed by atoms with E-state index in [1.165, 1.54) is 0 Å². The summed E-state index contributed by atoms with van der Waals surface area (Å²) >= 11 is 0. The first kappa shape index (κ1) is 15.3. The zero-order valence-corrected chi connectivity index (χ0v) is 12.5. The van der Waals surface area contributed by atoms with Crippen LogP contribution in [0.3, 0.4) is 0 Å². The Kier molecular flexibility index (Phi) is 4.75. The Hall–Kier alpha value is -2.14. The van der Waals surface area contributed by atoms with Crippen LogP contribution in [-0.2, 0) is 4.79 Å². The fraction of sp³-hybridized carbons (Fsp3) is 0.375. The number of benzene rings is 1. The maximum absolute atomic E-state index is 12.4. The molecule has 21 heavy (non-hydrogen) atoms. The largest absolute Gasteiger partial charge is 0.329 e. The van der Waals surface area contributed by atoms with E-state index in [1.54, 1.807) is 10.9 Å². The molecule has 0 unspecified atom stereocenters. The van der Waals surface area contributed by atoms with E-state index in [2.05, 4.69) is 10.4 Å². The van der Waals surface area contributed by atoms with Crippen molar-refractivity contribution in [2.24, 2.45) is 11.1 Å². The Morgan fingerprint density at radius 3 is 2.43 bits per heavy atom. The van der Waals surface area contributed by atoms with E-state index in [0.717, 1.165) is 24.2 Å². The van der Waals surface area contributed by atoms with Crippen molar-refractivity contribution in [3.63, 3.8) is 0 Å². The lowest BCUT2D eigenvalue weighted by Crippen LogP contribution is -2.41. The molecule has 0 spiro atoms. The van der Waals surface area contributed by atoms with Gasteiger partial charge in [-0.1, -0.05) is 13.8 Å². The van der Waals surface area contributed by atoms with E-state index in [4.69, 9.17) is 5.73 Å². The second kappa shape index (κ2) is 6.54. The molecule has 3 N–H and O–H groups in total. The minimum absolute atomic E-state index is 0.0122. The monoisotopic (exact) mass is 286 g/mol. The van der Waals surface area contributed by atoms with E-state index >= 15 is 0 Å². The average Bonchev–Trinajstić information content (AvgIpc) is 3.05. The fourth-order valence-electron chi connectivity index (χ4n) is 2.34. The molecule has 0 aliphatic carbocycles. The van der Waals surface area contributed by atoms with Crippen LogP contribution < -0.4 is 11.1 Å². The first-order chi connectivity index (χ1) is 10.1. The summed E-state index contributed by atoms with van der Waals surface area (Å²) in [5, 5.41) is 7.13. The van der Waals surface area contributed by atoms with Gasteiger partial charge in [-0.25, -0.2) is 4.68 Å². The van der Waals surface area contributed by atoms with Crippen LogP contribution in [0.15, 0.2) is 42.7 Å². The van der Waals surface area contributed by atoms with Crippen LogP contribution in [0, 0.1) is 5.41 Å². The number of hydrogen-bond donors (Lipinski definition) is 2. The minimum atomic E-state index is -0.485. The van der Waals surface area contributed by atoms with Gasteiger partial charge in [-0.2, -0.15) is 5.10 Å². The van der Waals surface area contributed by atoms with Crippen LogP contribution >= 0.6 is 0 Å². The lowest BCUT2D eigenvalue weighted by molar-refractivity contribution is -0.125. The molecule has 2 rings (SSSR count). The molecular weight excluding hydrogens is 264 g/mol. The van der Waals surface area contributed by atoms with Gasteiger partial charge in [0.2, 0.25) is 5.91 Å². The smallest absolute Gasteiger partial charge is 0.231 e. The molecule has 5 nitrogen and oxygen atoms in total. The van der Waals surface area contributed by atoms with Crippen molar-refractivity contribution in [3.8, 4) is 5.69 Å². The van der Waals surface area contributed by atoms with Crippen LogP contribution in [0.1, 0.15) is 26.7 Å². The van der Waals surface area contributed by atoms with E-state index in [9.17, 15) is 4.79 Å². The summed E-state index contributed by atoms with van der Waals surface area (Å²) in [7, 11) is 0. The lowest BCUT2D eigenvalue weighted by atomic mass is 9.81. The Morgan fingerprint density at radius 1 is 1.29 bits per heavy atom. The van der Waals surface area contributed by atoms with Crippen molar-refractivity contribution in [1.82, 2.24) is 9.78 Å². The molecule has 0 atom stereocenters. The number of nitrogens with two attached hydrogens (primary N) is 1. The van der Waals surface area contributed by atoms with E-state index < -0.39 is 5.41 Å². The van der Waals surface area contributed by atoms with Gasteiger partial charge in [0, 0.05) is 24.6 Å². The second-order valence-electron chi connectivity index (χ2n) is 5.14. The van der Waals surface area contributed by atoms with Gasteiger partial charge in [0.1, 0.15) is 0 Å². The molecule has 0 aliphatic heterocycles. The minimum Gasteiger partial charge on any atom is -0.329 e. The van der Waals surface area contributed by atoms with E-state index in [0.29, 0.717) is 6.54 Å². The predicted molar refractivity (Wildman–Crippen MR) is 84.3 cm³/mol. The van der Waals surface area contributed by atoms with Crippen LogP contribution in [0.25, 0.3) is 5.69 Å². The van der Waals surface area contributed by atoms with Crippen LogP contribution in [-0.4, -0.2) is 22.2 Å². The quantitative estimate of drug-likeness (QED) is 0.857. The number of carbonyl (C=O) groups excluding carboxylic acids is 1. The summed E-state index contributed by atoms with van der Waals surface area (Å²) < 4.78 is 1.77. The van der Waals surface area contributed by atoms with Gasteiger partial charge in [-0.15, -0.1) is 0 Å². The number of rotatable bonds is 6. The number of amides is 1. The predicted octanol–water partition coefficient (Wildman–Crippen LogP) is 2.58. The van der Waals surface area contributed by atoms with Crippen molar-refractivity contribution in [3.05, 3.63) is 42.7 Å². The molecule has 112 valence electrons.